The van der Waals surface area contributed by atoms with Gasteiger partial charge in [-0.1, -0.05) is 79.7 Å². The van der Waals surface area contributed by atoms with Gasteiger partial charge in [-0.15, -0.1) is 5.10 Å². The highest BCUT2D eigenvalue weighted by Gasteiger charge is 2.35. The first-order valence-corrected chi connectivity index (χ1v) is 15.4. The summed E-state index contributed by atoms with van der Waals surface area (Å²) in [5.41, 5.74) is 8.27. The standard InChI is InChI=1S/C34H38N4O3S/c1-6-7-17-40-32(39)30-25(5)35-33-36-34(42-21-26-11-9-8-10-12-26)37-38(33)31(30)27-13-15-29(16-14-27)41-20-28-19-23(3)22(2)18-24(28)4/h8-16,18-19,31H,6-7,17,20-21H2,1-5H3,(H,35,36,37). The van der Waals surface area contributed by atoms with Crippen molar-refractivity contribution < 1.29 is 14.3 Å². The van der Waals surface area contributed by atoms with Gasteiger partial charge in [-0.3, -0.25) is 0 Å². The molecule has 218 valence electrons. The van der Waals surface area contributed by atoms with Crippen LogP contribution in [0, 0.1) is 20.8 Å². The molecule has 1 unspecified atom stereocenters. The van der Waals surface area contributed by atoms with Gasteiger partial charge in [-0.05, 0) is 79.6 Å². The Hall–Kier alpha value is -4.04. The predicted octanol–water partition coefficient (Wildman–Crippen LogP) is 7.71. The van der Waals surface area contributed by atoms with E-state index in [0.29, 0.717) is 35.6 Å². The molecule has 8 heteroatoms. The van der Waals surface area contributed by atoms with Crippen LogP contribution < -0.4 is 10.1 Å². The van der Waals surface area contributed by atoms with Crippen LogP contribution in [-0.2, 0) is 21.9 Å². The lowest BCUT2D eigenvalue weighted by atomic mass is 9.95. The minimum Gasteiger partial charge on any atom is -0.489 e. The lowest BCUT2D eigenvalue weighted by Gasteiger charge is -2.28. The average molecular weight is 583 g/mol. The van der Waals surface area contributed by atoms with E-state index < -0.39 is 6.04 Å². The average Bonchev–Trinajstić information content (AvgIpc) is 3.40. The van der Waals surface area contributed by atoms with E-state index in [9.17, 15) is 4.79 Å². The van der Waals surface area contributed by atoms with Crippen molar-refractivity contribution in [3.63, 3.8) is 0 Å². The summed E-state index contributed by atoms with van der Waals surface area (Å²) in [6, 6.07) is 22.0. The SMILES string of the molecule is CCCCOC(=O)C1=C(C)Nc2nc(SCc3ccccc3)nn2C1c1ccc(OCc2cc(C)c(C)cc2C)cc1. The number of hydrogen-bond acceptors (Lipinski definition) is 7. The number of thioether (sulfide) groups is 1. The zero-order valence-corrected chi connectivity index (χ0v) is 25.8. The molecular weight excluding hydrogens is 544 g/mol. The number of benzene rings is 3. The second kappa shape index (κ2) is 13.3. The van der Waals surface area contributed by atoms with Gasteiger partial charge in [-0.25, -0.2) is 9.48 Å². The van der Waals surface area contributed by atoms with Crippen molar-refractivity contribution in [3.8, 4) is 5.75 Å². The maximum absolute atomic E-state index is 13.4. The molecule has 2 heterocycles. The molecule has 1 aliphatic heterocycles. The van der Waals surface area contributed by atoms with Gasteiger partial charge in [0.05, 0.1) is 12.2 Å². The van der Waals surface area contributed by atoms with Gasteiger partial charge in [0.1, 0.15) is 18.4 Å². The zero-order chi connectivity index (χ0) is 29.6. The molecule has 0 saturated heterocycles. The van der Waals surface area contributed by atoms with Crippen molar-refractivity contribution in [1.29, 1.82) is 0 Å². The van der Waals surface area contributed by atoms with Crippen LogP contribution in [0.15, 0.2) is 83.2 Å². The van der Waals surface area contributed by atoms with Gasteiger partial charge in [0.2, 0.25) is 11.1 Å². The Bertz CT molecular complexity index is 1580. The zero-order valence-electron chi connectivity index (χ0n) is 24.9. The van der Waals surface area contributed by atoms with Gasteiger partial charge in [0, 0.05) is 11.4 Å². The molecule has 7 nitrogen and oxygen atoms in total. The van der Waals surface area contributed by atoms with Gasteiger partial charge in [0.25, 0.3) is 0 Å². The quantitative estimate of drug-likeness (QED) is 0.110. The number of hydrogen-bond donors (Lipinski definition) is 1. The first-order valence-electron chi connectivity index (χ1n) is 14.4. The number of carbonyl (C=O) groups excluding carboxylic acids is 1. The monoisotopic (exact) mass is 582 g/mol. The number of anilines is 1. The van der Waals surface area contributed by atoms with E-state index in [-0.39, 0.29) is 5.97 Å². The van der Waals surface area contributed by atoms with E-state index in [0.717, 1.165) is 29.9 Å². The summed E-state index contributed by atoms with van der Waals surface area (Å²) in [6.45, 7) is 11.2. The number of nitrogens with one attached hydrogen (secondary N) is 1. The Labute approximate surface area is 252 Å². The van der Waals surface area contributed by atoms with Crippen LogP contribution in [-0.4, -0.2) is 27.3 Å². The number of carbonyl (C=O) groups is 1. The molecule has 3 aromatic carbocycles. The third-order valence-corrected chi connectivity index (χ3v) is 8.45. The molecule has 1 atom stereocenters. The Kier molecular flexibility index (Phi) is 9.32. The minimum absolute atomic E-state index is 0.344. The normalized spacial score (nSPS) is 14.4. The highest BCUT2D eigenvalue weighted by atomic mass is 32.2. The number of nitrogens with zero attached hydrogens (tertiary/aromatic N) is 3. The number of unbranched alkanes of at least 4 members (excludes halogenated alkanes) is 1. The van der Waals surface area contributed by atoms with E-state index in [1.807, 2.05) is 49.4 Å². The predicted molar refractivity (Wildman–Crippen MR) is 168 cm³/mol. The molecule has 0 bridgehead atoms. The highest BCUT2D eigenvalue weighted by molar-refractivity contribution is 7.98. The molecule has 0 amide bonds. The molecule has 0 aliphatic carbocycles. The largest absolute Gasteiger partial charge is 0.489 e. The van der Waals surface area contributed by atoms with Crippen LogP contribution in [0.2, 0.25) is 0 Å². The minimum atomic E-state index is -0.481. The van der Waals surface area contributed by atoms with Gasteiger partial charge in [0.15, 0.2) is 0 Å². The number of rotatable bonds is 11. The second-order valence-electron chi connectivity index (χ2n) is 10.7. The summed E-state index contributed by atoms with van der Waals surface area (Å²) in [5, 5.41) is 8.78. The number of esters is 1. The molecule has 5 rings (SSSR count). The first kappa shape index (κ1) is 29.5. The van der Waals surface area contributed by atoms with Crippen molar-refractivity contribution in [2.24, 2.45) is 0 Å². The third kappa shape index (κ3) is 6.71. The summed E-state index contributed by atoms with van der Waals surface area (Å²) in [7, 11) is 0. The molecule has 0 radical (unpaired) electrons. The molecule has 0 saturated carbocycles. The fraction of sp³-hybridized carbons (Fsp3) is 0.324. The molecule has 1 aromatic heterocycles. The molecule has 1 aliphatic rings. The smallest absolute Gasteiger partial charge is 0.338 e. The maximum atomic E-state index is 13.4. The van der Waals surface area contributed by atoms with E-state index in [1.165, 1.54) is 27.8 Å². The van der Waals surface area contributed by atoms with Crippen molar-refractivity contribution in [2.45, 2.75) is 71.0 Å². The van der Waals surface area contributed by atoms with Crippen molar-refractivity contribution in [1.82, 2.24) is 14.8 Å². The van der Waals surface area contributed by atoms with Crippen LogP contribution in [0.25, 0.3) is 0 Å². The molecular formula is C34H38N4O3S. The summed E-state index contributed by atoms with van der Waals surface area (Å²) in [6.07, 6.45) is 1.77. The molecule has 0 spiro atoms. The van der Waals surface area contributed by atoms with Crippen LogP contribution in [0.3, 0.4) is 0 Å². The summed E-state index contributed by atoms with van der Waals surface area (Å²) >= 11 is 1.56. The summed E-state index contributed by atoms with van der Waals surface area (Å²) in [5.74, 6) is 1.77. The van der Waals surface area contributed by atoms with Gasteiger partial charge < -0.3 is 14.8 Å². The van der Waals surface area contributed by atoms with E-state index in [4.69, 9.17) is 19.6 Å². The number of aryl methyl sites for hydroxylation is 3. The molecule has 4 aromatic rings. The maximum Gasteiger partial charge on any atom is 0.338 e. The van der Waals surface area contributed by atoms with Gasteiger partial charge >= 0.3 is 5.97 Å². The first-order chi connectivity index (χ1) is 20.3. The fourth-order valence-electron chi connectivity index (χ4n) is 4.96. The van der Waals surface area contributed by atoms with Crippen molar-refractivity contribution in [3.05, 3.63) is 111 Å². The second-order valence-corrected chi connectivity index (χ2v) is 11.7. The Balaban J connectivity index is 1.40. The van der Waals surface area contributed by atoms with Crippen LogP contribution in [0.5, 0.6) is 5.75 Å². The Morgan fingerprint density at radius 1 is 0.976 bits per heavy atom. The number of ether oxygens (including phenoxy) is 2. The van der Waals surface area contributed by atoms with E-state index >= 15 is 0 Å². The van der Waals surface area contributed by atoms with Gasteiger partial charge in [-0.2, -0.15) is 4.98 Å². The fourth-order valence-corrected chi connectivity index (χ4v) is 5.74. The number of allylic oxidation sites excluding steroid dienone is 1. The lowest BCUT2D eigenvalue weighted by molar-refractivity contribution is -0.139. The van der Waals surface area contributed by atoms with Crippen LogP contribution in [0.4, 0.5) is 5.95 Å². The number of fused-ring (bicyclic) bond motifs is 1. The summed E-state index contributed by atoms with van der Waals surface area (Å²) < 4.78 is 13.6. The molecule has 42 heavy (non-hydrogen) atoms. The topological polar surface area (TPSA) is 78.3 Å². The van der Waals surface area contributed by atoms with E-state index in [1.54, 1.807) is 16.4 Å². The lowest BCUT2D eigenvalue weighted by Crippen LogP contribution is -2.29. The highest BCUT2D eigenvalue weighted by Crippen LogP contribution is 2.37. The van der Waals surface area contributed by atoms with Crippen molar-refractivity contribution in [2.75, 3.05) is 11.9 Å². The molecule has 0 fully saturated rings. The third-order valence-electron chi connectivity index (χ3n) is 7.54. The summed E-state index contributed by atoms with van der Waals surface area (Å²) in [4.78, 5) is 18.1. The number of aromatic nitrogens is 3. The van der Waals surface area contributed by atoms with Crippen LogP contribution >= 0.6 is 11.8 Å². The Morgan fingerprint density at radius 2 is 1.71 bits per heavy atom. The Morgan fingerprint density at radius 3 is 2.45 bits per heavy atom. The van der Waals surface area contributed by atoms with Crippen LogP contribution in [0.1, 0.15) is 66.1 Å². The molecule has 1 N–H and O–H groups in total. The van der Waals surface area contributed by atoms with E-state index in [2.05, 4.69) is 57.3 Å². The van der Waals surface area contributed by atoms with Crippen molar-refractivity contribution >= 4 is 23.7 Å².